The van der Waals surface area contributed by atoms with Crippen LogP contribution in [0, 0.1) is 11.8 Å². The highest BCUT2D eigenvalue weighted by atomic mass is 31.2. The van der Waals surface area contributed by atoms with Crippen molar-refractivity contribution in [2.45, 2.75) is 419 Å². The molecule has 0 amide bonds. The first-order valence-corrected chi connectivity index (χ1v) is 43.1. The number of aliphatic hydroxyl groups excluding tert-OH is 1. The third-order valence-electron chi connectivity index (χ3n) is 18.7. The molecule has 0 heterocycles. The van der Waals surface area contributed by atoms with Crippen molar-refractivity contribution < 1.29 is 80.2 Å². The molecule has 0 rings (SSSR count). The van der Waals surface area contributed by atoms with Crippen molar-refractivity contribution in [3.63, 3.8) is 0 Å². The lowest BCUT2D eigenvalue weighted by Gasteiger charge is -2.21. The molecule has 0 bridgehead atoms. The molecule has 17 nitrogen and oxygen atoms in total. The van der Waals surface area contributed by atoms with E-state index in [1.54, 1.807) is 0 Å². The van der Waals surface area contributed by atoms with E-state index in [4.69, 9.17) is 37.0 Å². The van der Waals surface area contributed by atoms with E-state index in [0.29, 0.717) is 25.7 Å². The summed E-state index contributed by atoms with van der Waals surface area (Å²) >= 11 is 0. The molecule has 96 heavy (non-hydrogen) atoms. The number of carbonyl (C=O) groups is 4. The molecule has 570 valence electrons. The van der Waals surface area contributed by atoms with Gasteiger partial charge in [-0.3, -0.25) is 37.3 Å². The summed E-state index contributed by atoms with van der Waals surface area (Å²) in [5.74, 6) is -0.548. The first kappa shape index (κ1) is 94.1. The van der Waals surface area contributed by atoms with Crippen LogP contribution in [0.2, 0.25) is 0 Å². The average molecular weight is 1410 g/mol. The third-order valence-corrected chi connectivity index (χ3v) is 20.6. The van der Waals surface area contributed by atoms with E-state index < -0.39 is 97.5 Å². The summed E-state index contributed by atoms with van der Waals surface area (Å²) in [6.45, 7) is 9.59. The van der Waals surface area contributed by atoms with Gasteiger partial charge in [0.2, 0.25) is 0 Å². The summed E-state index contributed by atoms with van der Waals surface area (Å²) in [7, 11) is -9.91. The molecular formula is C77H150O17P2. The Morgan fingerprint density at radius 1 is 0.292 bits per heavy atom. The molecule has 0 radical (unpaired) electrons. The van der Waals surface area contributed by atoms with Crippen LogP contribution in [0.3, 0.4) is 0 Å². The van der Waals surface area contributed by atoms with Crippen LogP contribution in [0.25, 0.3) is 0 Å². The highest BCUT2D eigenvalue weighted by Gasteiger charge is 2.30. The summed E-state index contributed by atoms with van der Waals surface area (Å²) in [4.78, 5) is 72.8. The first-order valence-electron chi connectivity index (χ1n) is 40.1. The molecule has 4 unspecified atom stereocenters. The van der Waals surface area contributed by atoms with Crippen molar-refractivity contribution in [2.75, 3.05) is 39.6 Å². The molecule has 0 aromatic rings. The van der Waals surface area contributed by atoms with E-state index >= 15 is 0 Å². The Bertz CT molecular complexity index is 1860. The number of esters is 4. The number of hydrogen-bond acceptors (Lipinski definition) is 15. The van der Waals surface area contributed by atoms with Gasteiger partial charge in [-0.05, 0) is 37.5 Å². The maximum atomic E-state index is 13.1. The quantitative estimate of drug-likeness (QED) is 0.0222. The van der Waals surface area contributed by atoms with Crippen LogP contribution in [-0.2, 0) is 65.4 Å². The van der Waals surface area contributed by atoms with Gasteiger partial charge in [0.25, 0.3) is 0 Å². The Morgan fingerprint density at radius 2 is 0.500 bits per heavy atom. The number of unbranched alkanes of at least 4 members (excludes halogenated alkanes) is 44. The lowest BCUT2D eigenvalue weighted by atomic mass is 9.99. The fraction of sp³-hybridized carbons (Fsp3) is 0.948. The van der Waals surface area contributed by atoms with E-state index in [1.165, 1.54) is 218 Å². The second-order valence-corrected chi connectivity index (χ2v) is 31.1. The van der Waals surface area contributed by atoms with Crippen molar-refractivity contribution in [1.82, 2.24) is 0 Å². The summed E-state index contributed by atoms with van der Waals surface area (Å²) < 4.78 is 68.5. The zero-order valence-electron chi connectivity index (χ0n) is 62.7. The van der Waals surface area contributed by atoms with Gasteiger partial charge in [-0.1, -0.05) is 350 Å². The summed E-state index contributed by atoms with van der Waals surface area (Å²) in [6.07, 6.45) is 57.0. The van der Waals surface area contributed by atoms with Gasteiger partial charge < -0.3 is 33.8 Å². The largest absolute Gasteiger partial charge is 0.472 e. The van der Waals surface area contributed by atoms with Gasteiger partial charge in [-0.15, -0.1) is 0 Å². The molecule has 19 heteroatoms. The number of hydrogen-bond donors (Lipinski definition) is 3. The molecule has 0 spiro atoms. The van der Waals surface area contributed by atoms with Crippen LogP contribution < -0.4 is 0 Å². The van der Waals surface area contributed by atoms with E-state index in [9.17, 15) is 43.2 Å². The summed E-state index contributed by atoms with van der Waals surface area (Å²) in [6, 6.07) is 0. The average Bonchev–Trinajstić information content (AvgIpc) is 1.87. The number of ether oxygens (including phenoxy) is 4. The van der Waals surface area contributed by atoms with Crippen molar-refractivity contribution >= 4 is 39.5 Å². The topological polar surface area (TPSA) is 237 Å². The zero-order chi connectivity index (χ0) is 70.7. The van der Waals surface area contributed by atoms with Gasteiger partial charge in [0, 0.05) is 25.7 Å². The minimum Gasteiger partial charge on any atom is -0.462 e. The van der Waals surface area contributed by atoms with Crippen LogP contribution >= 0.6 is 15.6 Å². The van der Waals surface area contributed by atoms with Crippen molar-refractivity contribution in [1.29, 1.82) is 0 Å². The molecule has 0 saturated heterocycles. The molecule has 0 aromatic carbocycles. The fourth-order valence-electron chi connectivity index (χ4n) is 11.8. The molecule has 0 aliphatic rings. The van der Waals surface area contributed by atoms with Crippen LogP contribution in [-0.4, -0.2) is 96.7 Å². The van der Waals surface area contributed by atoms with Gasteiger partial charge in [-0.2, -0.15) is 0 Å². The molecule has 0 aromatic heterocycles. The SMILES string of the molecule is CCCCCCCCCCCCCCCCCCCCCC(=O)O[C@H](COC(=O)CCCCCCCCCCCCCCCCC(C)CC)COP(=O)(O)OC[C@@H](O)COP(=O)(O)OC[C@@H](COC(=O)CCCCCCCCCCC)OC(=O)CCCCCCCCC(C)CC. The smallest absolute Gasteiger partial charge is 0.462 e. The van der Waals surface area contributed by atoms with E-state index in [0.717, 1.165) is 102 Å². The van der Waals surface area contributed by atoms with Crippen LogP contribution in [0.5, 0.6) is 0 Å². The van der Waals surface area contributed by atoms with Crippen LogP contribution in [0.1, 0.15) is 401 Å². The van der Waals surface area contributed by atoms with E-state index in [1.807, 2.05) is 0 Å². The molecule has 0 aliphatic heterocycles. The Labute approximate surface area is 588 Å². The summed E-state index contributed by atoms with van der Waals surface area (Å²) in [5.41, 5.74) is 0. The summed E-state index contributed by atoms with van der Waals surface area (Å²) in [5, 5.41) is 10.6. The van der Waals surface area contributed by atoms with E-state index in [2.05, 4.69) is 41.5 Å². The Morgan fingerprint density at radius 3 is 0.740 bits per heavy atom. The Hall–Kier alpha value is -1.94. The lowest BCUT2D eigenvalue weighted by molar-refractivity contribution is -0.161. The lowest BCUT2D eigenvalue weighted by Crippen LogP contribution is -2.30. The third kappa shape index (κ3) is 67.9. The van der Waals surface area contributed by atoms with Crippen molar-refractivity contribution in [3.8, 4) is 0 Å². The fourth-order valence-corrected chi connectivity index (χ4v) is 13.3. The van der Waals surface area contributed by atoms with E-state index in [-0.39, 0.29) is 25.7 Å². The standard InChI is InChI=1S/C77H150O17P2/c1-7-11-13-15-17-19-20-21-22-23-24-25-26-31-34-38-42-49-55-61-76(81)93-72(65-88-75(80)60-54-48-41-37-33-30-28-27-29-32-36-39-45-51-57-69(5)9-3)67-91-95(83,84)89-63-71(78)64-90-96(85,86)92-68-73(66-87-74(79)59-53-47-40-35-18-16-14-12-8-2)94-77(82)62-56-50-44-43-46-52-58-70(6)10-4/h69-73,78H,7-68H2,1-6H3,(H,83,84)(H,85,86)/t69?,70?,71-,72-,73-/m1/s1. The van der Waals surface area contributed by atoms with Gasteiger partial charge in [0.15, 0.2) is 12.2 Å². The Balaban J connectivity index is 5.20. The highest BCUT2D eigenvalue weighted by Crippen LogP contribution is 2.45. The molecule has 3 N–H and O–H groups in total. The monoisotopic (exact) mass is 1410 g/mol. The number of rotatable bonds is 76. The normalized spacial score (nSPS) is 14.6. The molecule has 0 saturated carbocycles. The predicted molar refractivity (Wildman–Crippen MR) is 391 cm³/mol. The molecule has 0 fully saturated rings. The Kier molecular flexibility index (Phi) is 67.4. The maximum absolute atomic E-state index is 13.1. The van der Waals surface area contributed by atoms with Gasteiger partial charge in [0.05, 0.1) is 26.4 Å². The maximum Gasteiger partial charge on any atom is 0.472 e. The molecule has 7 atom stereocenters. The zero-order valence-corrected chi connectivity index (χ0v) is 64.5. The van der Waals surface area contributed by atoms with Crippen LogP contribution in [0.15, 0.2) is 0 Å². The van der Waals surface area contributed by atoms with Crippen molar-refractivity contribution in [2.24, 2.45) is 11.8 Å². The van der Waals surface area contributed by atoms with Crippen LogP contribution in [0.4, 0.5) is 0 Å². The van der Waals surface area contributed by atoms with Gasteiger partial charge in [0.1, 0.15) is 19.3 Å². The minimum atomic E-state index is -4.96. The number of phosphoric ester groups is 2. The van der Waals surface area contributed by atoms with Crippen molar-refractivity contribution in [3.05, 3.63) is 0 Å². The highest BCUT2D eigenvalue weighted by molar-refractivity contribution is 7.47. The first-order chi connectivity index (χ1) is 46.4. The second-order valence-electron chi connectivity index (χ2n) is 28.2. The number of aliphatic hydroxyl groups is 1. The number of carbonyl (C=O) groups excluding carboxylic acids is 4. The second kappa shape index (κ2) is 68.8. The van der Waals surface area contributed by atoms with Gasteiger partial charge in [-0.25, -0.2) is 9.13 Å². The minimum absolute atomic E-state index is 0.103. The van der Waals surface area contributed by atoms with Gasteiger partial charge >= 0.3 is 39.5 Å². The molecule has 0 aliphatic carbocycles. The number of phosphoric acid groups is 2. The predicted octanol–water partition coefficient (Wildman–Crippen LogP) is 22.7. The molecular weight excluding hydrogens is 1260 g/mol.